The van der Waals surface area contributed by atoms with Crippen LogP contribution in [0.2, 0.25) is 0 Å². The van der Waals surface area contributed by atoms with E-state index in [2.05, 4.69) is 20.1 Å². The van der Waals surface area contributed by atoms with Crippen LogP contribution in [0.5, 0.6) is 5.75 Å². The molecule has 0 aliphatic carbocycles. The Labute approximate surface area is 163 Å². The average Bonchev–Trinajstić information content (AvgIpc) is 3.13. The zero-order valence-corrected chi connectivity index (χ0v) is 16.2. The number of amides is 1. The quantitative estimate of drug-likeness (QED) is 0.671. The number of methoxy groups -OCH3 is 1. The molecule has 0 saturated carbocycles. The van der Waals surface area contributed by atoms with Gasteiger partial charge in [-0.15, -0.1) is 10.2 Å². The number of nitrogens with zero attached hydrogens (tertiary/aromatic N) is 6. The number of aromatic nitrogens is 4. The number of anilines is 1. The lowest BCUT2D eigenvalue weighted by Crippen LogP contribution is -2.49. The highest BCUT2D eigenvalue weighted by Gasteiger charge is 2.24. The predicted molar refractivity (Wildman–Crippen MR) is 106 cm³/mol. The van der Waals surface area contributed by atoms with Gasteiger partial charge in [0.05, 0.1) is 7.11 Å². The minimum absolute atomic E-state index is 0.176. The van der Waals surface area contributed by atoms with E-state index in [0.29, 0.717) is 25.9 Å². The molecule has 1 aliphatic rings. The summed E-state index contributed by atoms with van der Waals surface area (Å²) in [6.07, 6.45) is 4.80. The van der Waals surface area contributed by atoms with E-state index in [1.54, 1.807) is 13.3 Å². The molecule has 0 N–H and O–H groups in total. The molecule has 2 aromatic heterocycles. The van der Waals surface area contributed by atoms with Crippen molar-refractivity contribution in [1.29, 1.82) is 0 Å². The van der Waals surface area contributed by atoms with Crippen molar-refractivity contribution in [2.24, 2.45) is 0 Å². The van der Waals surface area contributed by atoms with Gasteiger partial charge in [-0.1, -0.05) is 18.2 Å². The van der Waals surface area contributed by atoms with Crippen LogP contribution in [0.1, 0.15) is 17.8 Å². The SMILES string of the molecule is COc1ccccc1CCC(=O)N1CCN(c2nccn3c(C)nnc23)CC1. The first-order valence-corrected chi connectivity index (χ1v) is 9.48. The second kappa shape index (κ2) is 7.84. The number of ether oxygens (including phenoxy) is 1. The number of benzene rings is 1. The fourth-order valence-electron chi connectivity index (χ4n) is 3.63. The number of carbonyl (C=O) groups is 1. The molecule has 3 aromatic rings. The molecular weight excluding hydrogens is 356 g/mol. The number of fused-ring (bicyclic) bond motifs is 1. The van der Waals surface area contributed by atoms with Crippen LogP contribution in [0.25, 0.3) is 5.65 Å². The molecule has 1 aliphatic heterocycles. The maximum Gasteiger partial charge on any atom is 0.223 e. The lowest BCUT2D eigenvalue weighted by Gasteiger charge is -2.35. The van der Waals surface area contributed by atoms with Gasteiger partial charge in [-0.05, 0) is 25.0 Å². The smallest absolute Gasteiger partial charge is 0.223 e. The Balaban J connectivity index is 1.36. The second-order valence-corrected chi connectivity index (χ2v) is 6.87. The lowest BCUT2D eigenvalue weighted by molar-refractivity contribution is -0.131. The summed E-state index contributed by atoms with van der Waals surface area (Å²) in [6, 6.07) is 7.85. The molecule has 1 aromatic carbocycles. The Hall–Kier alpha value is -3.16. The number of rotatable bonds is 5. The molecule has 146 valence electrons. The van der Waals surface area contributed by atoms with Crippen LogP contribution >= 0.6 is 0 Å². The topological polar surface area (TPSA) is 75.9 Å². The van der Waals surface area contributed by atoms with Gasteiger partial charge in [0.2, 0.25) is 11.6 Å². The fraction of sp³-hybridized carbons (Fsp3) is 0.400. The zero-order valence-electron chi connectivity index (χ0n) is 16.2. The molecule has 8 nitrogen and oxygen atoms in total. The normalized spacial score (nSPS) is 14.5. The molecular formula is C20H24N6O2. The number of hydrogen-bond acceptors (Lipinski definition) is 6. The van der Waals surface area contributed by atoms with Gasteiger partial charge in [-0.25, -0.2) is 4.98 Å². The van der Waals surface area contributed by atoms with E-state index < -0.39 is 0 Å². The van der Waals surface area contributed by atoms with Crippen molar-refractivity contribution in [1.82, 2.24) is 24.5 Å². The molecule has 3 heterocycles. The van der Waals surface area contributed by atoms with Gasteiger partial charge in [-0.2, -0.15) is 0 Å². The molecule has 0 unspecified atom stereocenters. The molecule has 1 fully saturated rings. The fourth-order valence-corrected chi connectivity index (χ4v) is 3.63. The number of hydrogen-bond donors (Lipinski definition) is 0. The molecule has 0 bridgehead atoms. The minimum Gasteiger partial charge on any atom is -0.496 e. The van der Waals surface area contributed by atoms with Crippen molar-refractivity contribution in [2.45, 2.75) is 19.8 Å². The number of carbonyl (C=O) groups excluding carboxylic acids is 1. The highest BCUT2D eigenvalue weighted by atomic mass is 16.5. The molecule has 0 atom stereocenters. The van der Waals surface area contributed by atoms with Crippen LogP contribution in [0.15, 0.2) is 36.7 Å². The van der Waals surface area contributed by atoms with E-state index in [9.17, 15) is 4.79 Å². The van der Waals surface area contributed by atoms with Crippen LogP contribution < -0.4 is 9.64 Å². The van der Waals surface area contributed by atoms with Gasteiger partial charge in [0, 0.05) is 45.0 Å². The van der Waals surface area contributed by atoms with Gasteiger partial charge in [0.1, 0.15) is 11.6 Å². The first-order chi connectivity index (χ1) is 13.7. The van der Waals surface area contributed by atoms with Crippen LogP contribution in [0, 0.1) is 6.92 Å². The first-order valence-electron chi connectivity index (χ1n) is 9.48. The van der Waals surface area contributed by atoms with Crippen LogP contribution in [-0.2, 0) is 11.2 Å². The predicted octanol–water partition coefficient (Wildman–Crippen LogP) is 1.72. The van der Waals surface area contributed by atoms with Gasteiger partial charge in [-0.3, -0.25) is 9.20 Å². The van der Waals surface area contributed by atoms with Crippen molar-refractivity contribution in [2.75, 3.05) is 38.2 Å². The summed E-state index contributed by atoms with van der Waals surface area (Å²) in [4.78, 5) is 21.3. The molecule has 0 radical (unpaired) electrons. The van der Waals surface area contributed by atoms with E-state index >= 15 is 0 Å². The maximum absolute atomic E-state index is 12.7. The summed E-state index contributed by atoms with van der Waals surface area (Å²) < 4.78 is 7.31. The Kier molecular flexibility index (Phi) is 5.10. The van der Waals surface area contributed by atoms with Crippen molar-refractivity contribution in [3.05, 3.63) is 48.0 Å². The van der Waals surface area contributed by atoms with Crippen molar-refractivity contribution in [3.8, 4) is 5.75 Å². The van der Waals surface area contributed by atoms with Crippen LogP contribution in [-0.4, -0.2) is 63.7 Å². The van der Waals surface area contributed by atoms with E-state index in [4.69, 9.17) is 4.74 Å². The Morgan fingerprint density at radius 1 is 1.14 bits per heavy atom. The van der Waals surface area contributed by atoms with E-state index in [1.165, 1.54) is 0 Å². The van der Waals surface area contributed by atoms with Gasteiger partial charge >= 0.3 is 0 Å². The summed E-state index contributed by atoms with van der Waals surface area (Å²) in [6.45, 7) is 4.75. The second-order valence-electron chi connectivity index (χ2n) is 6.87. The lowest BCUT2D eigenvalue weighted by atomic mass is 10.1. The van der Waals surface area contributed by atoms with Crippen LogP contribution in [0.4, 0.5) is 5.82 Å². The summed E-state index contributed by atoms with van der Waals surface area (Å²) in [7, 11) is 1.66. The maximum atomic E-state index is 12.7. The minimum atomic E-state index is 0.176. The van der Waals surface area contributed by atoms with Crippen molar-refractivity contribution < 1.29 is 9.53 Å². The summed E-state index contributed by atoms with van der Waals surface area (Å²) in [5.41, 5.74) is 1.82. The summed E-state index contributed by atoms with van der Waals surface area (Å²) in [5, 5.41) is 8.38. The highest BCUT2D eigenvalue weighted by Crippen LogP contribution is 2.21. The Morgan fingerprint density at radius 3 is 2.71 bits per heavy atom. The van der Waals surface area contributed by atoms with Crippen molar-refractivity contribution in [3.63, 3.8) is 0 Å². The Bertz CT molecular complexity index is 978. The highest BCUT2D eigenvalue weighted by molar-refractivity contribution is 5.77. The third kappa shape index (κ3) is 3.49. The largest absolute Gasteiger partial charge is 0.496 e. The number of para-hydroxylation sites is 1. The van der Waals surface area contributed by atoms with Crippen LogP contribution in [0.3, 0.4) is 0 Å². The van der Waals surface area contributed by atoms with E-state index in [0.717, 1.165) is 41.7 Å². The third-order valence-electron chi connectivity index (χ3n) is 5.21. The standard InChI is InChI=1S/C20H24N6O2/c1-15-22-23-20-19(21-9-10-26(15)20)25-13-11-24(12-14-25)18(27)8-7-16-5-3-4-6-17(16)28-2/h3-6,9-10H,7-8,11-14H2,1-2H3. The van der Waals surface area contributed by atoms with Crippen molar-refractivity contribution >= 4 is 17.4 Å². The molecule has 8 heteroatoms. The summed E-state index contributed by atoms with van der Waals surface area (Å²) >= 11 is 0. The average molecular weight is 380 g/mol. The first kappa shape index (κ1) is 18.2. The zero-order chi connectivity index (χ0) is 19.5. The molecule has 28 heavy (non-hydrogen) atoms. The molecule has 4 rings (SSSR count). The number of aryl methyl sites for hydroxylation is 2. The van der Waals surface area contributed by atoms with Gasteiger partial charge in [0.25, 0.3) is 0 Å². The number of piperazine rings is 1. The monoisotopic (exact) mass is 380 g/mol. The third-order valence-corrected chi connectivity index (χ3v) is 5.21. The van der Waals surface area contributed by atoms with Gasteiger partial charge in [0.15, 0.2) is 5.82 Å². The van der Waals surface area contributed by atoms with E-state index in [1.807, 2.05) is 46.7 Å². The molecule has 0 spiro atoms. The van der Waals surface area contributed by atoms with E-state index in [-0.39, 0.29) is 5.91 Å². The summed E-state index contributed by atoms with van der Waals surface area (Å²) in [5.74, 6) is 2.67. The molecule has 1 saturated heterocycles. The molecule has 1 amide bonds. The Morgan fingerprint density at radius 2 is 1.93 bits per heavy atom. The van der Waals surface area contributed by atoms with Gasteiger partial charge < -0.3 is 14.5 Å².